The van der Waals surface area contributed by atoms with Crippen molar-refractivity contribution in [1.29, 1.82) is 0 Å². The van der Waals surface area contributed by atoms with E-state index >= 15 is 0 Å². The second kappa shape index (κ2) is 26.2. The summed E-state index contributed by atoms with van der Waals surface area (Å²) in [5.41, 5.74) is 3.31. The molecule has 2 aliphatic carbocycles. The lowest BCUT2D eigenvalue weighted by molar-refractivity contribution is -0.139. The Labute approximate surface area is 433 Å². The van der Waals surface area contributed by atoms with E-state index < -0.39 is 12.1 Å². The van der Waals surface area contributed by atoms with E-state index in [4.69, 9.17) is 0 Å². The Morgan fingerprint density at radius 3 is 1.37 bits per heavy atom. The third kappa shape index (κ3) is 14.0. The Morgan fingerprint density at radius 2 is 0.959 bits per heavy atom. The first-order valence-corrected chi connectivity index (χ1v) is 27.6. The van der Waals surface area contributed by atoms with Gasteiger partial charge < -0.3 is 35.6 Å². The zero-order chi connectivity index (χ0) is 51.1. The van der Waals surface area contributed by atoms with Gasteiger partial charge in [0.15, 0.2) is 0 Å². The second-order valence-corrected chi connectivity index (χ2v) is 21.2. The van der Waals surface area contributed by atoms with Gasteiger partial charge in [-0.05, 0) is 129 Å². The van der Waals surface area contributed by atoms with E-state index in [9.17, 15) is 28.8 Å². The lowest BCUT2D eigenvalue weighted by Crippen LogP contribution is -2.56. The van der Waals surface area contributed by atoms with Crippen LogP contribution in [0.3, 0.4) is 0 Å². The van der Waals surface area contributed by atoms with Gasteiger partial charge >= 0.3 is 0 Å². The van der Waals surface area contributed by atoms with Gasteiger partial charge in [0.25, 0.3) is 11.8 Å². The van der Waals surface area contributed by atoms with Gasteiger partial charge in [0, 0.05) is 68.9 Å². The fourth-order valence-electron chi connectivity index (χ4n) is 12.1. The molecule has 390 valence electrons. The van der Waals surface area contributed by atoms with E-state index in [2.05, 4.69) is 40.2 Å². The number of amides is 6. The number of nitrogens with one attached hydrogen (secondary N) is 3. The zero-order valence-electron chi connectivity index (χ0n) is 43.4. The van der Waals surface area contributed by atoms with Gasteiger partial charge in [-0.1, -0.05) is 118 Å². The van der Waals surface area contributed by atoms with Gasteiger partial charge in [0.2, 0.25) is 23.6 Å². The standard InChI is InChI=1S/C60H79N7O6/c1-3-53(68)62-55(45-22-12-6-13-23-45)59(72)66-34-16-26-51(66)41-64(36-32-43-18-8-4-9-19-43)57(70)49-30-28-48-39-50(31-29-47(48)38-49)58(71)65(37-33-44-20-10-5-11-21-44)42-52-27-17-35-67(52)60(73)56(63-54(69)40-61-2)46-24-14-7-15-25-46/h4-5,8-11,18-21,28-31,38-39,45-46,51-52,55-56,61H,3,6-7,12-17,22-27,32-37,40-42H2,1-2H3,(H,62,68)(H,63,69). The molecule has 4 fully saturated rings. The maximum Gasteiger partial charge on any atom is 0.253 e. The van der Waals surface area contributed by atoms with Crippen molar-refractivity contribution in [3.8, 4) is 0 Å². The highest BCUT2D eigenvalue weighted by Gasteiger charge is 2.41. The van der Waals surface area contributed by atoms with Gasteiger partial charge in [-0.3, -0.25) is 28.8 Å². The third-order valence-corrected chi connectivity index (χ3v) is 16.2. The Balaban J connectivity index is 1.01. The molecule has 13 heteroatoms. The molecule has 2 saturated heterocycles. The first-order valence-electron chi connectivity index (χ1n) is 27.6. The van der Waals surface area contributed by atoms with Gasteiger partial charge in [-0.2, -0.15) is 0 Å². The Kier molecular flexibility index (Phi) is 19.1. The summed E-state index contributed by atoms with van der Waals surface area (Å²) in [6, 6.07) is 30.1. The Hall–Kier alpha value is -6.08. The molecule has 3 N–H and O–H groups in total. The highest BCUT2D eigenvalue weighted by molar-refractivity contribution is 6.02. The zero-order valence-corrected chi connectivity index (χ0v) is 43.4. The molecule has 13 nitrogen and oxygen atoms in total. The number of benzene rings is 4. The molecule has 4 unspecified atom stereocenters. The van der Waals surface area contributed by atoms with Crippen LogP contribution >= 0.6 is 0 Å². The first-order chi connectivity index (χ1) is 35.6. The average molecular weight is 994 g/mol. The van der Waals surface area contributed by atoms with Crippen molar-refractivity contribution in [2.45, 2.75) is 140 Å². The number of hydrogen-bond acceptors (Lipinski definition) is 7. The quantitative estimate of drug-likeness (QED) is 0.0767. The molecular weight excluding hydrogens is 915 g/mol. The van der Waals surface area contributed by atoms with Crippen molar-refractivity contribution < 1.29 is 28.8 Å². The maximum absolute atomic E-state index is 14.8. The van der Waals surface area contributed by atoms with Crippen molar-refractivity contribution in [2.24, 2.45) is 11.8 Å². The summed E-state index contributed by atoms with van der Waals surface area (Å²) in [5.74, 6) is -0.392. The molecule has 2 heterocycles. The van der Waals surface area contributed by atoms with Crippen LogP contribution in [0, 0.1) is 11.8 Å². The highest BCUT2D eigenvalue weighted by atomic mass is 16.2. The molecule has 8 rings (SSSR count). The van der Waals surface area contributed by atoms with E-state index in [1.807, 2.05) is 99.3 Å². The predicted molar refractivity (Wildman–Crippen MR) is 287 cm³/mol. The van der Waals surface area contributed by atoms with Gasteiger partial charge in [-0.25, -0.2) is 0 Å². The molecule has 6 amide bonds. The number of hydrogen-bond donors (Lipinski definition) is 3. The molecule has 4 aromatic rings. The van der Waals surface area contributed by atoms with E-state index in [1.54, 1.807) is 7.05 Å². The van der Waals surface area contributed by atoms with Gasteiger partial charge in [0.1, 0.15) is 12.1 Å². The van der Waals surface area contributed by atoms with Crippen LogP contribution in [0.5, 0.6) is 0 Å². The summed E-state index contributed by atoms with van der Waals surface area (Å²) in [4.78, 5) is 92.0. The van der Waals surface area contributed by atoms with Gasteiger partial charge in [0.05, 0.1) is 6.54 Å². The number of fused-ring (bicyclic) bond motifs is 1. The predicted octanol–water partition coefficient (Wildman–Crippen LogP) is 7.95. The minimum atomic E-state index is -0.588. The number of carbonyl (C=O) groups excluding carboxylic acids is 6. The van der Waals surface area contributed by atoms with Crippen LogP contribution in [-0.2, 0) is 32.0 Å². The molecule has 73 heavy (non-hydrogen) atoms. The molecule has 2 saturated carbocycles. The minimum absolute atomic E-state index is 0.0237. The highest BCUT2D eigenvalue weighted by Crippen LogP contribution is 2.32. The molecule has 0 spiro atoms. The summed E-state index contributed by atoms with van der Waals surface area (Å²) in [6.45, 7) is 4.86. The van der Waals surface area contributed by atoms with E-state index in [0.717, 1.165) is 112 Å². The van der Waals surface area contributed by atoms with Gasteiger partial charge in [-0.15, -0.1) is 0 Å². The SMILES string of the molecule is CCC(=O)NC(C(=O)N1CCCC1CN(CCc1ccccc1)C(=O)c1ccc2cc(C(=O)N(CCc3ccccc3)CC3CCCN3C(=O)C(NC(=O)CNC)C3CCCCC3)ccc2c1)C1CCCCC1. The van der Waals surface area contributed by atoms with Crippen molar-refractivity contribution in [3.05, 3.63) is 119 Å². The molecular formula is C60H79N7O6. The van der Waals surface area contributed by atoms with E-state index in [-0.39, 0.29) is 65.9 Å². The molecule has 4 atom stereocenters. The van der Waals surface area contributed by atoms with E-state index in [1.165, 1.54) is 0 Å². The second-order valence-electron chi connectivity index (χ2n) is 21.2. The third-order valence-electron chi connectivity index (χ3n) is 16.2. The monoisotopic (exact) mass is 994 g/mol. The molecule has 0 radical (unpaired) electrons. The van der Waals surface area contributed by atoms with Crippen LogP contribution in [0.25, 0.3) is 10.8 Å². The van der Waals surface area contributed by atoms with Crippen molar-refractivity contribution >= 4 is 46.2 Å². The van der Waals surface area contributed by atoms with Crippen LogP contribution in [0.4, 0.5) is 0 Å². The Bertz CT molecular complexity index is 2490. The van der Waals surface area contributed by atoms with Crippen LogP contribution in [0.1, 0.15) is 135 Å². The van der Waals surface area contributed by atoms with Crippen molar-refractivity contribution in [2.75, 3.05) is 52.9 Å². The van der Waals surface area contributed by atoms with E-state index in [0.29, 0.717) is 69.7 Å². The summed E-state index contributed by atoms with van der Waals surface area (Å²) in [6.07, 6.45) is 15.0. The Morgan fingerprint density at radius 1 is 0.534 bits per heavy atom. The smallest absolute Gasteiger partial charge is 0.253 e. The summed E-state index contributed by atoms with van der Waals surface area (Å²) in [5, 5.41) is 10.8. The summed E-state index contributed by atoms with van der Waals surface area (Å²) >= 11 is 0. The van der Waals surface area contributed by atoms with Crippen molar-refractivity contribution in [3.63, 3.8) is 0 Å². The van der Waals surface area contributed by atoms with Crippen LogP contribution in [-0.4, -0.2) is 132 Å². The fraction of sp³-hybridized carbons (Fsp3) is 0.533. The van der Waals surface area contributed by atoms with Crippen LogP contribution in [0.2, 0.25) is 0 Å². The molecule has 4 aliphatic rings. The largest absolute Gasteiger partial charge is 0.344 e. The number of nitrogens with zero attached hydrogens (tertiary/aromatic N) is 4. The van der Waals surface area contributed by atoms with Crippen molar-refractivity contribution in [1.82, 2.24) is 35.6 Å². The first kappa shape index (κ1) is 53.2. The fourth-order valence-corrected chi connectivity index (χ4v) is 12.1. The number of carbonyl (C=O) groups is 6. The number of likely N-dealkylation sites (N-methyl/N-ethyl adjacent to an activating group) is 1. The minimum Gasteiger partial charge on any atom is -0.344 e. The molecule has 2 aliphatic heterocycles. The molecule has 0 aromatic heterocycles. The molecule has 0 bridgehead atoms. The van der Waals surface area contributed by atoms with Crippen LogP contribution < -0.4 is 16.0 Å². The summed E-state index contributed by atoms with van der Waals surface area (Å²) < 4.78 is 0. The maximum atomic E-state index is 14.8. The summed E-state index contributed by atoms with van der Waals surface area (Å²) in [7, 11) is 1.73. The lowest BCUT2D eigenvalue weighted by atomic mass is 9.83. The average Bonchev–Trinajstić information content (AvgIpc) is 4.11. The number of likely N-dealkylation sites (tertiary alicyclic amines) is 2. The molecule has 4 aromatic carbocycles. The topological polar surface area (TPSA) is 151 Å². The normalized spacial score (nSPS) is 19.3. The number of rotatable bonds is 21. The lowest BCUT2D eigenvalue weighted by Gasteiger charge is -2.36. The van der Waals surface area contributed by atoms with Crippen LogP contribution in [0.15, 0.2) is 97.1 Å².